The summed E-state index contributed by atoms with van der Waals surface area (Å²) in [6, 6.07) is 11.5. The fourth-order valence-electron chi connectivity index (χ4n) is 2.62. The minimum atomic E-state index is -3.60. The topological polar surface area (TPSA) is 71.1 Å². The predicted octanol–water partition coefficient (Wildman–Crippen LogP) is 1.74. The molecular weight excluding hydrogens is 286 g/mol. The number of nitrogens with zero attached hydrogens (tertiary/aromatic N) is 1. The van der Waals surface area contributed by atoms with Crippen LogP contribution in [0.25, 0.3) is 0 Å². The Morgan fingerprint density at radius 1 is 1.24 bits per heavy atom. The van der Waals surface area contributed by atoms with Gasteiger partial charge in [-0.25, -0.2) is 18.1 Å². The van der Waals surface area contributed by atoms with E-state index in [1.165, 1.54) is 17.3 Å². The summed E-state index contributed by atoms with van der Waals surface area (Å²) in [5, 5.41) is 2.89. The molecule has 6 heteroatoms. The zero-order chi connectivity index (χ0) is 14.9. The number of hydrogen-bond donors (Lipinski definition) is 2. The van der Waals surface area contributed by atoms with E-state index in [9.17, 15) is 8.42 Å². The van der Waals surface area contributed by atoms with E-state index in [0.29, 0.717) is 12.2 Å². The fraction of sp³-hybridized carbons (Fsp3) is 0.267. The lowest BCUT2D eigenvalue weighted by molar-refractivity contribution is 0.549. The second-order valence-electron chi connectivity index (χ2n) is 5.06. The van der Waals surface area contributed by atoms with Crippen molar-refractivity contribution >= 4 is 15.7 Å². The van der Waals surface area contributed by atoms with Crippen LogP contribution in [0, 0.1) is 0 Å². The van der Waals surface area contributed by atoms with Gasteiger partial charge in [-0.3, -0.25) is 0 Å². The molecule has 1 aliphatic rings. The highest BCUT2D eigenvalue weighted by atomic mass is 32.2. The highest BCUT2D eigenvalue weighted by Crippen LogP contribution is 2.34. The quantitative estimate of drug-likeness (QED) is 0.882. The molecule has 2 N–H and O–H groups in total. The normalized spacial score (nSPS) is 16.9. The van der Waals surface area contributed by atoms with E-state index in [0.717, 1.165) is 6.42 Å². The van der Waals surface area contributed by atoms with E-state index < -0.39 is 10.0 Å². The van der Waals surface area contributed by atoms with Crippen LogP contribution in [0.3, 0.4) is 0 Å². The third kappa shape index (κ3) is 2.64. The molecule has 0 spiro atoms. The summed E-state index contributed by atoms with van der Waals surface area (Å²) in [5.41, 5.74) is 3.03. The SMILES string of the molecule is CNc1cccnc1S(=O)(=O)NCC1Cc2ccccc21. The molecule has 0 aliphatic heterocycles. The Balaban J connectivity index is 1.73. The number of nitrogens with one attached hydrogen (secondary N) is 2. The molecule has 21 heavy (non-hydrogen) atoms. The average molecular weight is 303 g/mol. The first kappa shape index (κ1) is 14.0. The smallest absolute Gasteiger partial charge is 0.260 e. The van der Waals surface area contributed by atoms with Crippen molar-refractivity contribution in [2.45, 2.75) is 17.4 Å². The van der Waals surface area contributed by atoms with Gasteiger partial charge in [0.1, 0.15) is 0 Å². The van der Waals surface area contributed by atoms with E-state index in [-0.39, 0.29) is 10.9 Å². The molecule has 1 aliphatic carbocycles. The Bertz CT molecular complexity index is 759. The summed E-state index contributed by atoms with van der Waals surface area (Å²) in [6.45, 7) is 0.402. The van der Waals surface area contributed by atoms with Gasteiger partial charge in [0.25, 0.3) is 10.0 Å². The van der Waals surface area contributed by atoms with Gasteiger partial charge in [0, 0.05) is 25.7 Å². The molecule has 0 saturated carbocycles. The zero-order valence-electron chi connectivity index (χ0n) is 11.7. The minimum Gasteiger partial charge on any atom is -0.386 e. The summed E-state index contributed by atoms with van der Waals surface area (Å²) >= 11 is 0. The second-order valence-corrected chi connectivity index (χ2v) is 6.74. The lowest BCUT2D eigenvalue weighted by Gasteiger charge is -2.30. The summed E-state index contributed by atoms with van der Waals surface area (Å²) < 4.78 is 27.4. The molecule has 1 aromatic heterocycles. The number of pyridine rings is 1. The van der Waals surface area contributed by atoms with Crippen LogP contribution in [0.1, 0.15) is 17.0 Å². The molecule has 1 atom stereocenters. The number of aromatic nitrogens is 1. The monoisotopic (exact) mass is 303 g/mol. The highest BCUT2D eigenvalue weighted by Gasteiger charge is 2.28. The number of benzene rings is 1. The first-order chi connectivity index (χ1) is 10.1. The fourth-order valence-corrected chi connectivity index (χ4v) is 3.84. The van der Waals surface area contributed by atoms with E-state index in [1.54, 1.807) is 19.2 Å². The highest BCUT2D eigenvalue weighted by molar-refractivity contribution is 7.89. The Morgan fingerprint density at radius 3 is 2.81 bits per heavy atom. The molecule has 110 valence electrons. The molecule has 0 saturated heterocycles. The van der Waals surface area contributed by atoms with Crippen LogP contribution in [0.4, 0.5) is 5.69 Å². The molecule has 1 aromatic carbocycles. The first-order valence-corrected chi connectivity index (χ1v) is 8.30. The van der Waals surface area contributed by atoms with Crippen LogP contribution in [-0.4, -0.2) is 27.0 Å². The number of anilines is 1. The van der Waals surface area contributed by atoms with Gasteiger partial charge >= 0.3 is 0 Å². The molecule has 0 radical (unpaired) electrons. The number of rotatable bonds is 5. The van der Waals surface area contributed by atoms with Gasteiger partial charge in [-0.1, -0.05) is 24.3 Å². The van der Waals surface area contributed by atoms with Gasteiger partial charge < -0.3 is 5.32 Å². The zero-order valence-corrected chi connectivity index (χ0v) is 12.5. The van der Waals surface area contributed by atoms with E-state index >= 15 is 0 Å². The van der Waals surface area contributed by atoms with Gasteiger partial charge in [0.05, 0.1) is 5.69 Å². The van der Waals surface area contributed by atoms with Gasteiger partial charge in [0.2, 0.25) is 0 Å². The van der Waals surface area contributed by atoms with Crippen molar-refractivity contribution in [2.24, 2.45) is 0 Å². The van der Waals surface area contributed by atoms with Crippen molar-refractivity contribution in [1.29, 1.82) is 0 Å². The Morgan fingerprint density at radius 2 is 2.05 bits per heavy atom. The van der Waals surface area contributed by atoms with Gasteiger partial charge in [-0.15, -0.1) is 0 Å². The van der Waals surface area contributed by atoms with E-state index in [2.05, 4.69) is 27.2 Å². The van der Waals surface area contributed by atoms with Crippen molar-refractivity contribution in [3.8, 4) is 0 Å². The van der Waals surface area contributed by atoms with Crippen molar-refractivity contribution in [3.05, 3.63) is 53.7 Å². The van der Waals surface area contributed by atoms with Crippen molar-refractivity contribution in [1.82, 2.24) is 9.71 Å². The maximum absolute atomic E-state index is 12.4. The number of hydrogen-bond acceptors (Lipinski definition) is 4. The minimum absolute atomic E-state index is 0.0418. The summed E-state index contributed by atoms with van der Waals surface area (Å²) in [6.07, 6.45) is 2.40. The van der Waals surface area contributed by atoms with E-state index in [4.69, 9.17) is 0 Å². The van der Waals surface area contributed by atoms with Crippen molar-refractivity contribution in [3.63, 3.8) is 0 Å². The summed E-state index contributed by atoms with van der Waals surface area (Å²) in [4.78, 5) is 3.97. The van der Waals surface area contributed by atoms with Gasteiger partial charge in [-0.2, -0.15) is 0 Å². The summed E-state index contributed by atoms with van der Waals surface area (Å²) in [5.74, 6) is 0.248. The van der Waals surface area contributed by atoms with Crippen LogP contribution in [0.5, 0.6) is 0 Å². The van der Waals surface area contributed by atoms with Crippen LogP contribution in [0.15, 0.2) is 47.6 Å². The third-order valence-electron chi connectivity index (χ3n) is 3.78. The molecule has 1 heterocycles. The lowest BCUT2D eigenvalue weighted by Crippen LogP contribution is -2.33. The summed E-state index contributed by atoms with van der Waals surface area (Å²) in [7, 11) is -1.92. The van der Waals surface area contributed by atoms with Crippen molar-refractivity contribution < 1.29 is 8.42 Å². The Kier molecular flexibility index (Phi) is 3.65. The molecule has 0 fully saturated rings. The number of fused-ring (bicyclic) bond motifs is 1. The molecule has 0 bridgehead atoms. The molecule has 1 unspecified atom stereocenters. The first-order valence-electron chi connectivity index (χ1n) is 6.82. The van der Waals surface area contributed by atoms with Crippen LogP contribution in [-0.2, 0) is 16.4 Å². The Hall–Kier alpha value is -1.92. The maximum Gasteiger partial charge on any atom is 0.260 e. The van der Waals surface area contributed by atoms with Crippen LogP contribution in [0.2, 0.25) is 0 Å². The maximum atomic E-state index is 12.4. The average Bonchev–Trinajstić information content (AvgIpc) is 2.48. The van der Waals surface area contributed by atoms with Crippen molar-refractivity contribution in [2.75, 3.05) is 18.9 Å². The molecule has 3 rings (SSSR count). The molecule has 5 nitrogen and oxygen atoms in total. The number of sulfonamides is 1. The molecule has 2 aromatic rings. The Labute approximate surface area is 124 Å². The standard InChI is InChI=1S/C15H17N3O2S/c1-16-14-7-4-8-17-15(14)21(19,20)18-10-12-9-11-5-2-3-6-13(11)12/h2-8,12,16,18H,9-10H2,1H3. The molecule has 0 amide bonds. The van der Waals surface area contributed by atoms with E-state index in [1.807, 2.05) is 12.1 Å². The van der Waals surface area contributed by atoms with Crippen LogP contribution < -0.4 is 10.0 Å². The predicted molar refractivity (Wildman–Crippen MR) is 81.9 cm³/mol. The second kappa shape index (κ2) is 5.46. The van der Waals surface area contributed by atoms with Gasteiger partial charge in [0.15, 0.2) is 5.03 Å². The third-order valence-corrected chi connectivity index (χ3v) is 5.16. The molecular formula is C15H17N3O2S. The van der Waals surface area contributed by atoms with Crippen LogP contribution >= 0.6 is 0 Å². The lowest BCUT2D eigenvalue weighted by atomic mass is 9.78. The largest absolute Gasteiger partial charge is 0.386 e. The van der Waals surface area contributed by atoms with Gasteiger partial charge in [-0.05, 0) is 29.7 Å².